The molecule has 1 unspecified atom stereocenters. The fourth-order valence-electron chi connectivity index (χ4n) is 3.36. The molecule has 28 heavy (non-hydrogen) atoms. The third-order valence-electron chi connectivity index (χ3n) is 4.70. The molecule has 140 valence electrons. The van der Waals surface area contributed by atoms with Gasteiger partial charge >= 0.3 is 5.97 Å². The maximum atomic E-state index is 11.6. The molecule has 5 rings (SSSR count). The lowest BCUT2D eigenvalue weighted by molar-refractivity contribution is 0.0492. The van der Waals surface area contributed by atoms with E-state index < -0.39 is 18.2 Å². The number of aromatic carboxylic acids is 1. The SMILES string of the molecule is NC(=O)c1cc2ccc3c(c2cc1C(=O)O)OC(c1ccc2c(c1)OCO2)O3. The maximum absolute atomic E-state index is 11.6. The van der Waals surface area contributed by atoms with Gasteiger partial charge in [-0.05, 0) is 41.8 Å². The molecular formula is C20H13NO7. The van der Waals surface area contributed by atoms with Crippen molar-refractivity contribution in [1.29, 1.82) is 0 Å². The largest absolute Gasteiger partial charge is 0.478 e. The number of fused-ring (bicyclic) bond motifs is 4. The smallest absolute Gasteiger partial charge is 0.336 e. The molecule has 3 aromatic carbocycles. The van der Waals surface area contributed by atoms with Crippen LogP contribution in [0.2, 0.25) is 0 Å². The molecule has 8 heteroatoms. The number of nitrogens with two attached hydrogens (primary N) is 1. The topological polar surface area (TPSA) is 117 Å². The Morgan fingerprint density at radius 1 is 0.929 bits per heavy atom. The summed E-state index contributed by atoms with van der Waals surface area (Å²) in [5, 5.41) is 10.6. The summed E-state index contributed by atoms with van der Waals surface area (Å²) in [6, 6.07) is 11.6. The number of carbonyl (C=O) groups is 2. The van der Waals surface area contributed by atoms with E-state index in [9.17, 15) is 14.7 Å². The Kier molecular flexibility index (Phi) is 3.35. The van der Waals surface area contributed by atoms with Gasteiger partial charge in [-0.1, -0.05) is 6.07 Å². The van der Waals surface area contributed by atoms with Crippen LogP contribution in [-0.2, 0) is 0 Å². The van der Waals surface area contributed by atoms with Crippen LogP contribution in [-0.4, -0.2) is 23.8 Å². The molecule has 2 heterocycles. The van der Waals surface area contributed by atoms with Gasteiger partial charge in [-0.3, -0.25) is 4.79 Å². The minimum absolute atomic E-state index is 0.0637. The van der Waals surface area contributed by atoms with Gasteiger partial charge in [0.25, 0.3) is 6.29 Å². The molecular weight excluding hydrogens is 366 g/mol. The zero-order chi connectivity index (χ0) is 19.4. The van der Waals surface area contributed by atoms with Crippen LogP contribution in [0.4, 0.5) is 0 Å². The third kappa shape index (κ3) is 2.38. The lowest BCUT2D eigenvalue weighted by atomic mass is 9.99. The number of rotatable bonds is 3. The average molecular weight is 379 g/mol. The van der Waals surface area contributed by atoms with E-state index in [4.69, 9.17) is 24.7 Å². The first-order valence-electron chi connectivity index (χ1n) is 8.38. The number of carboxylic acid groups (broad SMARTS) is 1. The summed E-state index contributed by atoms with van der Waals surface area (Å²) in [6.45, 7) is 0.163. The maximum Gasteiger partial charge on any atom is 0.336 e. The van der Waals surface area contributed by atoms with Gasteiger partial charge in [-0.15, -0.1) is 0 Å². The van der Waals surface area contributed by atoms with Crippen molar-refractivity contribution in [3.8, 4) is 23.0 Å². The highest BCUT2D eigenvalue weighted by Crippen LogP contribution is 2.47. The number of primary amides is 1. The highest BCUT2D eigenvalue weighted by Gasteiger charge is 2.30. The number of benzene rings is 3. The van der Waals surface area contributed by atoms with Crippen LogP contribution in [0.25, 0.3) is 10.8 Å². The molecule has 1 atom stereocenters. The first kappa shape index (κ1) is 16.2. The summed E-state index contributed by atoms with van der Waals surface area (Å²) in [5.41, 5.74) is 5.79. The second-order valence-electron chi connectivity index (χ2n) is 6.36. The van der Waals surface area contributed by atoms with Gasteiger partial charge < -0.3 is 29.8 Å². The van der Waals surface area contributed by atoms with Crippen molar-refractivity contribution in [2.75, 3.05) is 6.79 Å². The van der Waals surface area contributed by atoms with Gasteiger partial charge in [-0.25, -0.2) is 4.79 Å². The molecule has 8 nitrogen and oxygen atoms in total. The summed E-state index contributed by atoms with van der Waals surface area (Å²) in [6.07, 6.45) is -0.723. The molecule has 0 fully saturated rings. The molecule has 2 aliphatic heterocycles. The van der Waals surface area contributed by atoms with Gasteiger partial charge in [0.05, 0.1) is 11.1 Å². The summed E-state index contributed by atoms with van der Waals surface area (Å²) in [4.78, 5) is 23.2. The number of hydrogen-bond donors (Lipinski definition) is 2. The van der Waals surface area contributed by atoms with Gasteiger partial charge in [0.2, 0.25) is 12.7 Å². The van der Waals surface area contributed by atoms with E-state index >= 15 is 0 Å². The zero-order valence-electron chi connectivity index (χ0n) is 14.3. The van der Waals surface area contributed by atoms with Crippen LogP contribution in [0, 0.1) is 0 Å². The highest BCUT2D eigenvalue weighted by molar-refractivity contribution is 6.09. The normalized spacial score (nSPS) is 16.4. The van der Waals surface area contributed by atoms with Crippen molar-refractivity contribution in [2.24, 2.45) is 5.73 Å². The summed E-state index contributed by atoms with van der Waals surface area (Å²) < 4.78 is 22.5. The fraction of sp³-hybridized carbons (Fsp3) is 0.100. The molecule has 3 aromatic rings. The van der Waals surface area contributed by atoms with Crippen molar-refractivity contribution >= 4 is 22.6 Å². The standard InChI is InChI=1S/C20H13NO7/c21-18(22)12-5-9-1-4-15-17(11(9)7-13(12)19(23)24)28-20(27-15)10-2-3-14-16(6-10)26-8-25-14/h1-7,20H,8H2,(H2,21,22)(H,23,24). The monoisotopic (exact) mass is 379 g/mol. The van der Waals surface area contributed by atoms with Crippen LogP contribution in [0.15, 0.2) is 42.5 Å². The second-order valence-corrected chi connectivity index (χ2v) is 6.36. The van der Waals surface area contributed by atoms with Crippen LogP contribution < -0.4 is 24.7 Å². The number of carbonyl (C=O) groups excluding carboxylic acids is 1. The van der Waals surface area contributed by atoms with E-state index in [1.807, 2.05) is 0 Å². The Hall–Kier alpha value is -3.94. The molecule has 0 saturated heterocycles. The van der Waals surface area contributed by atoms with Crippen molar-refractivity contribution < 1.29 is 33.6 Å². The molecule has 0 aromatic heterocycles. The van der Waals surface area contributed by atoms with E-state index in [-0.39, 0.29) is 17.9 Å². The average Bonchev–Trinajstić information content (AvgIpc) is 3.32. The van der Waals surface area contributed by atoms with Crippen LogP contribution in [0.1, 0.15) is 32.6 Å². The zero-order valence-corrected chi connectivity index (χ0v) is 14.3. The lowest BCUT2D eigenvalue weighted by Gasteiger charge is -2.11. The van der Waals surface area contributed by atoms with Gasteiger partial charge in [0.15, 0.2) is 23.0 Å². The number of amides is 1. The van der Waals surface area contributed by atoms with Crippen LogP contribution >= 0.6 is 0 Å². The van der Waals surface area contributed by atoms with Gasteiger partial charge in [0.1, 0.15) is 0 Å². The Balaban J connectivity index is 1.58. The molecule has 0 bridgehead atoms. The fourth-order valence-corrected chi connectivity index (χ4v) is 3.36. The molecule has 0 spiro atoms. The van der Waals surface area contributed by atoms with Crippen LogP contribution in [0.3, 0.4) is 0 Å². The van der Waals surface area contributed by atoms with Gasteiger partial charge in [-0.2, -0.15) is 0 Å². The molecule has 3 N–H and O–H groups in total. The number of hydrogen-bond acceptors (Lipinski definition) is 6. The Morgan fingerprint density at radius 2 is 1.71 bits per heavy atom. The van der Waals surface area contributed by atoms with E-state index in [0.29, 0.717) is 33.8 Å². The first-order chi connectivity index (χ1) is 13.5. The van der Waals surface area contributed by atoms with Crippen molar-refractivity contribution in [2.45, 2.75) is 6.29 Å². The minimum Gasteiger partial charge on any atom is -0.478 e. The predicted octanol–water partition coefficient (Wildman–Crippen LogP) is 2.84. The molecule has 0 aliphatic carbocycles. The molecule has 1 amide bonds. The first-order valence-corrected chi connectivity index (χ1v) is 8.38. The Bertz CT molecular complexity index is 1170. The highest BCUT2D eigenvalue weighted by atomic mass is 16.7. The quantitative estimate of drug-likeness (QED) is 0.718. The van der Waals surface area contributed by atoms with E-state index in [1.165, 1.54) is 12.1 Å². The number of ether oxygens (including phenoxy) is 4. The Labute approximate surface area is 158 Å². The second kappa shape index (κ2) is 5.78. The summed E-state index contributed by atoms with van der Waals surface area (Å²) in [5.74, 6) is 0.0614. The van der Waals surface area contributed by atoms with Crippen molar-refractivity contribution in [3.05, 3.63) is 59.2 Å². The summed E-state index contributed by atoms with van der Waals surface area (Å²) in [7, 11) is 0. The molecule has 2 aliphatic rings. The number of carboxylic acids is 1. The van der Waals surface area contributed by atoms with Gasteiger partial charge in [0, 0.05) is 10.9 Å². The lowest BCUT2D eigenvalue weighted by Crippen LogP contribution is -2.16. The van der Waals surface area contributed by atoms with Crippen LogP contribution in [0.5, 0.6) is 23.0 Å². The minimum atomic E-state index is -1.25. The van der Waals surface area contributed by atoms with Crippen molar-refractivity contribution in [1.82, 2.24) is 0 Å². The third-order valence-corrected chi connectivity index (χ3v) is 4.70. The molecule has 0 radical (unpaired) electrons. The summed E-state index contributed by atoms with van der Waals surface area (Å²) >= 11 is 0. The Morgan fingerprint density at radius 3 is 2.50 bits per heavy atom. The molecule has 0 saturated carbocycles. The predicted molar refractivity (Wildman–Crippen MR) is 96.0 cm³/mol. The van der Waals surface area contributed by atoms with Crippen molar-refractivity contribution in [3.63, 3.8) is 0 Å². The van der Waals surface area contributed by atoms with E-state index in [1.54, 1.807) is 30.3 Å². The van der Waals surface area contributed by atoms with E-state index in [0.717, 1.165) is 5.56 Å². The van der Waals surface area contributed by atoms with E-state index in [2.05, 4.69) is 0 Å².